The summed E-state index contributed by atoms with van der Waals surface area (Å²) >= 11 is 0. The van der Waals surface area contributed by atoms with E-state index < -0.39 is 6.10 Å². The Kier molecular flexibility index (Phi) is 57.2. The number of carbonyl (C=O) groups is 3. The van der Waals surface area contributed by atoms with Gasteiger partial charge in [-0.3, -0.25) is 14.4 Å². The number of hydrogen-bond donors (Lipinski definition) is 0. The zero-order chi connectivity index (χ0) is 50.7. The Labute approximate surface area is 435 Å². The summed E-state index contributed by atoms with van der Waals surface area (Å²) in [4.78, 5) is 38.2. The first-order chi connectivity index (χ1) is 34.5. The first-order valence-electron chi connectivity index (χ1n) is 31.0. The Morgan fingerprint density at radius 3 is 0.871 bits per heavy atom. The van der Waals surface area contributed by atoms with Gasteiger partial charge in [0.25, 0.3) is 0 Å². The largest absolute Gasteiger partial charge is 0.462 e. The minimum atomic E-state index is -0.780. The molecule has 0 rings (SSSR count). The second kappa shape index (κ2) is 59.2. The summed E-state index contributed by atoms with van der Waals surface area (Å²) in [6, 6.07) is 0. The van der Waals surface area contributed by atoms with Crippen molar-refractivity contribution in [1.29, 1.82) is 0 Å². The Bertz CT molecular complexity index is 1170. The van der Waals surface area contributed by atoms with Gasteiger partial charge in [0.1, 0.15) is 13.2 Å². The molecule has 0 radical (unpaired) electrons. The third kappa shape index (κ3) is 56.5. The van der Waals surface area contributed by atoms with Crippen LogP contribution in [0.15, 0.2) is 36.5 Å². The number of unbranched alkanes of at least 4 members (excludes halogenated alkanes) is 40. The number of hydrogen-bond acceptors (Lipinski definition) is 6. The van der Waals surface area contributed by atoms with Gasteiger partial charge < -0.3 is 14.2 Å². The molecule has 0 bridgehead atoms. The lowest BCUT2D eigenvalue weighted by atomic mass is 10.0. The Hall–Kier alpha value is -2.37. The highest BCUT2D eigenvalue weighted by Crippen LogP contribution is 2.18. The van der Waals surface area contributed by atoms with Crippen LogP contribution < -0.4 is 0 Å². The minimum Gasteiger partial charge on any atom is -0.462 e. The molecule has 0 spiro atoms. The first-order valence-corrected chi connectivity index (χ1v) is 31.0. The molecule has 0 saturated heterocycles. The third-order valence-electron chi connectivity index (χ3n) is 13.9. The molecular formula is C64H118O6. The van der Waals surface area contributed by atoms with E-state index in [1.54, 1.807) is 0 Å². The zero-order valence-electron chi connectivity index (χ0n) is 47.1. The quantitative estimate of drug-likeness (QED) is 0.0261. The van der Waals surface area contributed by atoms with E-state index in [0.29, 0.717) is 19.3 Å². The van der Waals surface area contributed by atoms with Gasteiger partial charge in [0, 0.05) is 19.3 Å². The summed E-state index contributed by atoms with van der Waals surface area (Å²) in [6.45, 7) is 6.55. The highest BCUT2D eigenvalue weighted by molar-refractivity contribution is 5.71. The lowest BCUT2D eigenvalue weighted by Crippen LogP contribution is -2.30. The summed E-state index contributed by atoms with van der Waals surface area (Å²) in [6.07, 6.45) is 71.6. The molecule has 0 fully saturated rings. The number of allylic oxidation sites excluding steroid dienone is 6. The van der Waals surface area contributed by atoms with Gasteiger partial charge in [-0.1, -0.05) is 301 Å². The molecule has 1 atom stereocenters. The Morgan fingerprint density at radius 1 is 0.300 bits per heavy atom. The second-order valence-electron chi connectivity index (χ2n) is 21.0. The summed E-state index contributed by atoms with van der Waals surface area (Å²) in [5.74, 6) is -0.886. The van der Waals surface area contributed by atoms with Gasteiger partial charge in [0.05, 0.1) is 0 Å². The molecule has 0 aliphatic rings. The SMILES string of the molecule is CC/C=C\C/C=C\C/C=C\CCCCCC(=O)OCC(COC(=O)CCCCCCCCCCCCCCCCCCCCCCCCCCC)OC(=O)CCCCCCCCCCCCCCCC. The molecule has 0 aromatic heterocycles. The molecule has 6 nitrogen and oxygen atoms in total. The fourth-order valence-corrected chi connectivity index (χ4v) is 9.28. The molecule has 0 aromatic rings. The van der Waals surface area contributed by atoms with Crippen LogP contribution in [0.3, 0.4) is 0 Å². The molecule has 0 aliphatic heterocycles. The van der Waals surface area contributed by atoms with Crippen molar-refractivity contribution in [2.24, 2.45) is 0 Å². The van der Waals surface area contributed by atoms with Crippen molar-refractivity contribution in [1.82, 2.24) is 0 Å². The van der Waals surface area contributed by atoms with Crippen molar-refractivity contribution in [2.45, 2.75) is 341 Å². The van der Waals surface area contributed by atoms with E-state index in [1.165, 1.54) is 212 Å². The van der Waals surface area contributed by atoms with Crippen molar-refractivity contribution in [3.05, 3.63) is 36.5 Å². The topological polar surface area (TPSA) is 78.9 Å². The van der Waals surface area contributed by atoms with E-state index in [-0.39, 0.29) is 31.1 Å². The number of ether oxygens (including phenoxy) is 3. The van der Waals surface area contributed by atoms with Crippen molar-refractivity contribution in [3.63, 3.8) is 0 Å². The van der Waals surface area contributed by atoms with E-state index in [9.17, 15) is 14.4 Å². The summed E-state index contributed by atoms with van der Waals surface area (Å²) in [7, 11) is 0. The van der Waals surface area contributed by atoms with Crippen molar-refractivity contribution >= 4 is 17.9 Å². The van der Waals surface area contributed by atoms with Gasteiger partial charge in [-0.05, 0) is 51.4 Å². The van der Waals surface area contributed by atoms with E-state index in [2.05, 4.69) is 57.2 Å². The summed E-state index contributed by atoms with van der Waals surface area (Å²) in [5, 5.41) is 0. The van der Waals surface area contributed by atoms with E-state index >= 15 is 0 Å². The Morgan fingerprint density at radius 2 is 0.557 bits per heavy atom. The van der Waals surface area contributed by atoms with Crippen LogP contribution in [0.2, 0.25) is 0 Å². The van der Waals surface area contributed by atoms with Crippen LogP contribution in [0.4, 0.5) is 0 Å². The summed E-state index contributed by atoms with van der Waals surface area (Å²) in [5.41, 5.74) is 0. The highest BCUT2D eigenvalue weighted by atomic mass is 16.6. The average Bonchev–Trinajstić information content (AvgIpc) is 3.36. The lowest BCUT2D eigenvalue weighted by molar-refractivity contribution is -0.167. The number of esters is 3. The second-order valence-corrected chi connectivity index (χ2v) is 21.0. The molecule has 6 heteroatoms. The van der Waals surface area contributed by atoms with Gasteiger partial charge in [-0.25, -0.2) is 0 Å². The van der Waals surface area contributed by atoms with Crippen LogP contribution in [-0.2, 0) is 28.6 Å². The average molecular weight is 984 g/mol. The first kappa shape index (κ1) is 67.6. The molecule has 0 aliphatic carbocycles. The van der Waals surface area contributed by atoms with Gasteiger partial charge in [0.15, 0.2) is 6.10 Å². The number of rotatable bonds is 57. The van der Waals surface area contributed by atoms with Gasteiger partial charge >= 0.3 is 17.9 Å². The maximum absolute atomic E-state index is 12.8. The van der Waals surface area contributed by atoms with E-state index in [0.717, 1.165) is 83.5 Å². The van der Waals surface area contributed by atoms with Gasteiger partial charge in [0.2, 0.25) is 0 Å². The standard InChI is InChI=1S/C64H118O6/c1-4-7-10-13-16-19-22-25-27-28-29-30-31-32-33-34-35-36-37-40-42-45-48-51-54-57-63(66)69-60-61(59-68-62(65)56-53-50-47-44-41-38-24-21-18-15-12-9-6-3)70-64(67)58-55-52-49-46-43-39-26-23-20-17-14-11-8-5-2/h9,12,18,21,38,41,61H,4-8,10-11,13-17,19-20,22-37,39-40,42-60H2,1-3H3/b12-9-,21-18-,41-38-. The van der Waals surface area contributed by atoms with Crippen molar-refractivity contribution in [3.8, 4) is 0 Å². The molecule has 70 heavy (non-hydrogen) atoms. The molecule has 0 heterocycles. The highest BCUT2D eigenvalue weighted by Gasteiger charge is 2.19. The van der Waals surface area contributed by atoms with Gasteiger partial charge in [-0.15, -0.1) is 0 Å². The van der Waals surface area contributed by atoms with E-state index in [1.807, 2.05) is 0 Å². The lowest BCUT2D eigenvalue weighted by Gasteiger charge is -2.18. The molecule has 0 amide bonds. The maximum Gasteiger partial charge on any atom is 0.306 e. The van der Waals surface area contributed by atoms with Gasteiger partial charge in [-0.2, -0.15) is 0 Å². The van der Waals surface area contributed by atoms with Crippen LogP contribution in [0.5, 0.6) is 0 Å². The predicted octanol–water partition coefficient (Wildman–Crippen LogP) is 20.8. The molecule has 0 saturated carbocycles. The van der Waals surface area contributed by atoms with Crippen molar-refractivity contribution in [2.75, 3.05) is 13.2 Å². The van der Waals surface area contributed by atoms with Crippen LogP contribution in [0.25, 0.3) is 0 Å². The number of carbonyl (C=O) groups excluding carboxylic acids is 3. The Balaban J connectivity index is 4.21. The smallest absolute Gasteiger partial charge is 0.306 e. The molecular weight excluding hydrogens is 865 g/mol. The van der Waals surface area contributed by atoms with Crippen LogP contribution >= 0.6 is 0 Å². The van der Waals surface area contributed by atoms with Crippen LogP contribution in [-0.4, -0.2) is 37.2 Å². The van der Waals surface area contributed by atoms with Crippen LogP contribution in [0.1, 0.15) is 335 Å². The van der Waals surface area contributed by atoms with Crippen molar-refractivity contribution < 1.29 is 28.6 Å². The molecule has 410 valence electrons. The molecule has 0 N–H and O–H groups in total. The predicted molar refractivity (Wildman–Crippen MR) is 302 cm³/mol. The van der Waals surface area contributed by atoms with Crippen LogP contribution in [0, 0.1) is 0 Å². The monoisotopic (exact) mass is 983 g/mol. The third-order valence-corrected chi connectivity index (χ3v) is 13.9. The minimum absolute atomic E-state index is 0.0764. The fourth-order valence-electron chi connectivity index (χ4n) is 9.28. The zero-order valence-corrected chi connectivity index (χ0v) is 47.1. The molecule has 0 aromatic carbocycles. The normalized spacial score (nSPS) is 12.2. The molecule has 1 unspecified atom stereocenters. The maximum atomic E-state index is 12.8. The summed E-state index contributed by atoms with van der Waals surface area (Å²) < 4.78 is 16.9. The fraction of sp³-hybridized carbons (Fsp3) is 0.859. The van der Waals surface area contributed by atoms with E-state index in [4.69, 9.17) is 14.2 Å².